The van der Waals surface area contributed by atoms with Crippen molar-refractivity contribution in [1.82, 2.24) is 9.97 Å². The number of pyridine rings is 1. The van der Waals surface area contributed by atoms with E-state index in [1.54, 1.807) is 36.9 Å². The van der Waals surface area contributed by atoms with Gasteiger partial charge in [0.15, 0.2) is 5.13 Å². The van der Waals surface area contributed by atoms with E-state index >= 15 is 0 Å². The van der Waals surface area contributed by atoms with Gasteiger partial charge in [-0.3, -0.25) is 9.78 Å². The minimum Gasteiger partial charge on any atom is -0.494 e. The molecule has 1 N–H and O–H groups in total. The Balaban J connectivity index is 1.43. The highest BCUT2D eigenvalue weighted by Crippen LogP contribution is 2.36. The van der Waals surface area contributed by atoms with Crippen LogP contribution in [0.1, 0.15) is 0 Å². The van der Waals surface area contributed by atoms with E-state index in [4.69, 9.17) is 4.74 Å². The zero-order chi connectivity index (χ0) is 16.5. The van der Waals surface area contributed by atoms with Gasteiger partial charge in [0, 0.05) is 19.3 Å². The number of amides is 1. The van der Waals surface area contributed by atoms with Crippen molar-refractivity contribution < 1.29 is 9.53 Å². The Morgan fingerprint density at radius 2 is 2.21 bits per heavy atom. The molecule has 1 amide bonds. The number of thiazole rings is 1. The molecular weight excluding hydrogens is 324 g/mol. The first kappa shape index (κ1) is 14.9. The number of para-hydroxylation sites is 1. The Labute approximate surface area is 143 Å². The van der Waals surface area contributed by atoms with Crippen LogP contribution in [-0.4, -0.2) is 36.1 Å². The molecule has 122 valence electrons. The van der Waals surface area contributed by atoms with Crippen molar-refractivity contribution in [1.29, 1.82) is 0 Å². The maximum absolute atomic E-state index is 12.2. The van der Waals surface area contributed by atoms with Crippen molar-refractivity contribution in [2.75, 3.05) is 30.4 Å². The highest BCUT2D eigenvalue weighted by atomic mass is 32.1. The molecule has 0 aliphatic carbocycles. The van der Waals surface area contributed by atoms with Gasteiger partial charge in [-0.2, -0.15) is 0 Å². The number of carbonyl (C=O) groups is 1. The van der Waals surface area contributed by atoms with Crippen LogP contribution < -0.4 is 15.0 Å². The Morgan fingerprint density at radius 3 is 2.96 bits per heavy atom. The number of fused-ring (bicyclic) bond motifs is 1. The summed E-state index contributed by atoms with van der Waals surface area (Å²) in [6, 6.07) is 9.54. The standard InChI is InChI=1S/C17H16N4O2S/c1-23-13-5-2-6-14-15(13)20-17(24-14)21-9-11(10-21)16(22)19-12-4-3-7-18-8-12/h2-8,11H,9-10H2,1H3,(H,19,22). The Bertz CT molecular complexity index is 875. The van der Waals surface area contributed by atoms with Crippen molar-refractivity contribution in [3.8, 4) is 5.75 Å². The minimum absolute atomic E-state index is 0.0259. The molecule has 0 atom stereocenters. The van der Waals surface area contributed by atoms with E-state index in [-0.39, 0.29) is 11.8 Å². The van der Waals surface area contributed by atoms with Crippen LogP contribution in [0.2, 0.25) is 0 Å². The van der Waals surface area contributed by atoms with Gasteiger partial charge in [0.05, 0.1) is 29.6 Å². The van der Waals surface area contributed by atoms with Crippen LogP contribution >= 0.6 is 11.3 Å². The molecule has 7 heteroatoms. The minimum atomic E-state index is -0.0286. The molecule has 1 aromatic carbocycles. The SMILES string of the molecule is COc1cccc2sc(N3CC(C(=O)Nc4cccnc4)C3)nc12. The second kappa shape index (κ2) is 6.09. The summed E-state index contributed by atoms with van der Waals surface area (Å²) in [4.78, 5) is 23.0. The van der Waals surface area contributed by atoms with Gasteiger partial charge in [0.25, 0.3) is 0 Å². The first-order chi connectivity index (χ1) is 11.7. The van der Waals surface area contributed by atoms with Crippen LogP contribution in [0.15, 0.2) is 42.7 Å². The second-order valence-electron chi connectivity index (χ2n) is 5.64. The Hall–Kier alpha value is -2.67. The molecule has 1 aliphatic heterocycles. The maximum atomic E-state index is 12.2. The lowest BCUT2D eigenvalue weighted by Gasteiger charge is -2.37. The van der Waals surface area contributed by atoms with E-state index in [0.717, 1.165) is 26.8 Å². The summed E-state index contributed by atoms with van der Waals surface area (Å²) in [5, 5.41) is 3.83. The van der Waals surface area contributed by atoms with Crippen LogP contribution in [0.3, 0.4) is 0 Å². The highest BCUT2D eigenvalue weighted by Gasteiger charge is 2.34. The second-order valence-corrected chi connectivity index (χ2v) is 6.65. The number of carbonyl (C=O) groups excluding carboxylic acids is 1. The van der Waals surface area contributed by atoms with Gasteiger partial charge in [-0.15, -0.1) is 0 Å². The van der Waals surface area contributed by atoms with Gasteiger partial charge >= 0.3 is 0 Å². The molecule has 1 saturated heterocycles. The fraction of sp³-hybridized carbons (Fsp3) is 0.235. The van der Waals surface area contributed by atoms with Crippen molar-refractivity contribution in [2.45, 2.75) is 0 Å². The number of hydrogen-bond acceptors (Lipinski definition) is 6. The zero-order valence-electron chi connectivity index (χ0n) is 13.1. The van der Waals surface area contributed by atoms with E-state index < -0.39 is 0 Å². The fourth-order valence-electron chi connectivity index (χ4n) is 2.69. The van der Waals surface area contributed by atoms with E-state index in [1.807, 2.05) is 24.3 Å². The van der Waals surface area contributed by atoms with Crippen molar-refractivity contribution >= 4 is 38.3 Å². The van der Waals surface area contributed by atoms with Crippen LogP contribution in [0, 0.1) is 5.92 Å². The number of ether oxygens (including phenoxy) is 1. The summed E-state index contributed by atoms with van der Waals surface area (Å²) in [7, 11) is 1.65. The quantitative estimate of drug-likeness (QED) is 0.791. The zero-order valence-corrected chi connectivity index (χ0v) is 13.9. The third-order valence-corrected chi connectivity index (χ3v) is 5.12. The van der Waals surface area contributed by atoms with Crippen LogP contribution in [-0.2, 0) is 4.79 Å². The lowest BCUT2D eigenvalue weighted by molar-refractivity contribution is -0.120. The lowest BCUT2D eigenvalue weighted by atomic mass is 10.00. The molecule has 1 fully saturated rings. The lowest BCUT2D eigenvalue weighted by Crippen LogP contribution is -2.52. The molecule has 0 spiro atoms. The van der Waals surface area contributed by atoms with E-state index in [1.165, 1.54) is 0 Å². The number of methoxy groups -OCH3 is 1. The number of benzene rings is 1. The van der Waals surface area contributed by atoms with Gasteiger partial charge in [-0.1, -0.05) is 17.4 Å². The number of anilines is 2. The largest absolute Gasteiger partial charge is 0.494 e. The third-order valence-electron chi connectivity index (χ3n) is 4.04. The first-order valence-corrected chi connectivity index (χ1v) is 8.45. The molecular formula is C17H16N4O2S. The highest BCUT2D eigenvalue weighted by molar-refractivity contribution is 7.22. The third kappa shape index (κ3) is 2.67. The maximum Gasteiger partial charge on any atom is 0.231 e. The molecule has 0 bridgehead atoms. The van der Waals surface area contributed by atoms with Crippen LogP contribution in [0.25, 0.3) is 10.2 Å². The van der Waals surface area contributed by atoms with Gasteiger partial charge in [-0.05, 0) is 24.3 Å². The number of nitrogens with one attached hydrogen (secondary N) is 1. The molecule has 2 aromatic heterocycles. The van der Waals surface area contributed by atoms with Crippen molar-refractivity contribution in [3.05, 3.63) is 42.7 Å². The molecule has 24 heavy (non-hydrogen) atoms. The predicted octanol–water partition coefficient (Wildman–Crippen LogP) is 2.77. The molecule has 1 aliphatic rings. The van der Waals surface area contributed by atoms with Crippen molar-refractivity contribution in [3.63, 3.8) is 0 Å². The van der Waals surface area contributed by atoms with Gasteiger partial charge in [-0.25, -0.2) is 4.98 Å². The fourth-order valence-corrected chi connectivity index (χ4v) is 3.69. The first-order valence-electron chi connectivity index (χ1n) is 7.64. The average molecular weight is 340 g/mol. The Kier molecular flexibility index (Phi) is 3.78. The molecule has 3 heterocycles. The van der Waals surface area contributed by atoms with Gasteiger partial charge < -0.3 is 15.0 Å². The number of aromatic nitrogens is 2. The number of nitrogens with zero attached hydrogens (tertiary/aromatic N) is 3. The van der Waals surface area contributed by atoms with E-state index in [0.29, 0.717) is 13.1 Å². The smallest absolute Gasteiger partial charge is 0.231 e. The molecule has 0 saturated carbocycles. The van der Waals surface area contributed by atoms with Crippen LogP contribution in [0.5, 0.6) is 5.75 Å². The summed E-state index contributed by atoms with van der Waals surface area (Å²) in [6.45, 7) is 1.35. The van der Waals surface area contributed by atoms with Crippen molar-refractivity contribution in [2.24, 2.45) is 5.92 Å². The monoisotopic (exact) mass is 340 g/mol. The van der Waals surface area contributed by atoms with E-state index in [2.05, 4.69) is 20.2 Å². The Morgan fingerprint density at radius 1 is 1.33 bits per heavy atom. The summed E-state index contributed by atoms with van der Waals surface area (Å²) in [5.74, 6) is 0.776. The number of rotatable bonds is 4. The predicted molar refractivity (Wildman–Crippen MR) is 94.7 cm³/mol. The van der Waals surface area contributed by atoms with Crippen LogP contribution in [0.4, 0.5) is 10.8 Å². The molecule has 0 unspecified atom stereocenters. The average Bonchev–Trinajstić information content (AvgIpc) is 2.97. The topological polar surface area (TPSA) is 67.3 Å². The molecule has 3 aromatic rings. The van der Waals surface area contributed by atoms with E-state index in [9.17, 15) is 4.79 Å². The van der Waals surface area contributed by atoms with Gasteiger partial charge in [0.1, 0.15) is 11.3 Å². The summed E-state index contributed by atoms with van der Waals surface area (Å²) in [5.41, 5.74) is 1.61. The summed E-state index contributed by atoms with van der Waals surface area (Å²) < 4.78 is 6.44. The molecule has 0 radical (unpaired) electrons. The number of hydrogen-bond donors (Lipinski definition) is 1. The normalized spacial score (nSPS) is 14.5. The summed E-state index contributed by atoms with van der Waals surface area (Å²) in [6.07, 6.45) is 3.33. The molecule has 4 rings (SSSR count). The summed E-state index contributed by atoms with van der Waals surface area (Å²) >= 11 is 1.62. The molecule has 6 nitrogen and oxygen atoms in total. The van der Waals surface area contributed by atoms with Gasteiger partial charge in [0.2, 0.25) is 5.91 Å².